The fourth-order valence-corrected chi connectivity index (χ4v) is 2.78. The Morgan fingerprint density at radius 2 is 2.08 bits per heavy atom. The second kappa shape index (κ2) is 8.68. The summed E-state index contributed by atoms with van der Waals surface area (Å²) >= 11 is 0. The molecular formula is C18H25NO5. The summed E-state index contributed by atoms with van der Waals surface area (Å²) in [5.74, 6) is -0.335. The molecule has 0 radical (unpaired) electrons. The molecular weight excluding hydrogens is 310 g/mol. The largest absolute Gasteiger partial charge is 0.493 e. The number of carbonyl (C=O) groups excluding carboxylic acids is 1. The van der Waals surface area contributed by atoms with Crippen LogP contribution in [-0.2, 0) is 20.9 Å². The van der Waals surface area contributed by atoms with E-state index in [0.29, 0.717) is 32.6 Å². The molecule has 24 heavy (non-hydrogen) atoms. The Labute approximate surface area is 142 Å². The van der Waals surface area contributed by atoms with Gasteiger partial charge in [-0.3, -0.25) is 9.59 Å². The SMILES string of the molecule is COCCCOc1cccc(CNC(=O)CC2(C(=O)O)CCC2)c1. The van der Waals surface area contributed by atoms with Gasteiger partial charge in [-0.05, 0) is 30.5 Å². The molecule has 0 heterocycles. The molecule has 132 valence electrons. The number of carboxylic acid groups (broad SMARTS) is 1. The van der Waals surface area contributed by atoms with Crippen molar-refractivity contribution in [1.29, 1.82) is 0 Å². The summed E-state index contributed by atoms with van der Waals surface area (Å²) in [6, 6.07) is 7.52. The highest BCUT2D eigenvalue weighted by Crippen LogP contribution is 2.44. The molecule has 0 saturated heterocycles. The first-order valence-corrected chi connectivity index (χ1v) is 8.26. The van der Waals surface area contributed by atoms with E-state index >= 15 is 0 Å². The highest BCUT2D eigenvalue weighted by atomic mass is 16.5. The molecule has 2 N–H and O–H groups in total. The molecule has 0 aliphatic heterocycles. The molecule has 0 aromatic heterocycles. The maximum absolute atomic E-state index is 12.0. The Kier molecular flexibility index (Phi) is 6.61. The number of ether oxygens (including phenoxy) is 2. The van der Waals surface area contributed by atoms with E-state index in [1.165, 1.54) is 0 Å². The summed E-state index contributed by atoms with van der Waals surface area (Å²) in [4.78, 5) is 23.3. The van der Waals surface area contributed by atoms with Crippen molar-refractivity contribution in [2.45, 2.75) is 38.6 Å². The number of aliphatic carboxylic acids is 1. The minimum absolute atomic E-state index is 0.0511. The van der Waals surface area contributed by atoms with Gasteiger partial charge >= 0.3 is 5.97 Å². The van der Waals surface area contributed by atoms with Gasteiger partial charge in [-0.25, -0.2) is 0 Å². The van der Waals surface area contributed by atoms with E-state index in [4.69, 9.17) is 9.47 Å². The Hall–Kier alpha value is -2.08. The number of methoxy groups -OCH3 is 1. The van der Waals surface area contributed by atoms with Gasteiger partial charge in [0, 0.05) is 33.1 Å². The van der Waals surface area contributed by atoms with Crippen LogP contribution < -0.4 is 10.1 Å². The van der Waals surface area contributed by atoms with Gasteiger partial charge in [-0.2, -0.15) is 0 Å². The lowest BCUT2D eigenvalue weighted by atomic mass is 9.66. The van der Waals surface area contributed by atoms with Gasteiger partial charge in [-0.15, -0.1) is 0 Å². The molecule has 2 rings (SSSR count). The molecule has 0 unspecified atom stereocenters. The van der Waals surface area contributed by atoms with Crippen molar-refractivity contribution in [3.05, 3.63) is 29.8 Å². The van der Waals surface area contributed by atoms with Crippen LogP contribution in [0.1, 0.15) is 37.7 Å². The van der Waals surface area contributed by atoms with Crippen LogP contribution in [0.4, 0.5) is 0 Å². The molecule has 6 nitrogen and oxygen atoms in total. The van der Waals surface area contributed by atoms with Crippen molar-refractivity contribution in [1.82, 2.24) is 5.32 Å². The lowest BCUT2D eigenvalue weighted by Gasteiger charge is -2.36. The summed E-state index contributed by atoms with van der Waals surface area (Å²) in [6.07, 6.45) is 2.91. The Balaban J connectivity index is 1.79. The van der Waals surface area contributed by atoms with Crippen molar-refractivity contribution in [2.24, 2.45) is 5.41 Å². The summed E-state index contributed by atoms with van der Waals surface area (Å²) in [7, 11) is 1.65. The van der Waals surface area contributed by atoms with Crippen LogP contribution in [0.25, 0.3) is 0 Å². The van der Waals surface area contributed by atoms with Crippen LogP contribution in [0, 0.1) is 5.41 Å². The fourth-order valence-electron chi connectivity index (χ4n) is 2.78. The van der Waals surface area contributed by atoms with Gasteiger partial charge in [0.05, 0.1) is 12.0 Å². The molecule has 0 spiro atoms. The van der Waals surface area contributed by atoms with E-state index in [-0.39, 0.29) is 12.3 Å². The first-order valence-electron chi connectivity index (χ1n) is 8.26. The second-order valence-corrected chi connectivity index (χ2v) is 6.23. The number of hydrogen-bond donors (Lipinski definition) is 2. The van der Waals surface area contributed by atoms with Gasteiger partial charge in [-0.1, -0.05) is 18.6 Å². The quantitative estimate of drug-likeness (QED) is 0.641. The second-order valence-electron chi connectivity index (χ2n) is 6.23. The zero-order valence-corrected chi connectivity index (χ0v) is 14.0. The maximum atomic E-state index is 12.0. The van der Waals surface area contributed by atoms with Gasteiger partial charge in [0.25, 0.3) is 0 Å². The van der Waals surface area contributed by atoms with Crippen LogP contribution in [0.2, 0.25) is 0 Å². The number of rotatable bonds is 10. The van der Waals surface area contributed by atoms with Gasteiger partial charge in [0.2, 0.25) is 5.91 Å². The number of benzene rings is 1. The number of carboxylic acids is 1. The van der Waals surface area contributed by atoms with E-state index in [9.17, 15) is 14.7 Å². The van der Waals surface area contributed by atoms with Crippen LogP contribution in [-0.4, -0.2) is 37.3 Å². The van der Waals surface area contributed by atoms with E-state index in [2.05, 4.69) is 5.32 Å². The minimum Gasteiger partial charge on any atom is -0.493 e. The van der Waals surface area contributed by atoms with E-state index in [0.717, 1.165) is 24.2 Å². The van der Waals surface area contributed by atoms with Gasteiger partial charge in [0.1, 0.15) is 5.75 Å². The highest BCUT2D eigenvalue weighted by Gasteiger charge is 2.45. The Morgan fingerprint density at radius 1 is 1.29 bits per heavy atom. The topological polar surface area (TPSA) is 84.9 Å². The molecule has 0 bridgehead atoms. The smallest absolute Gasteiger partial charge is 0.310 e. The normalized spacial score (nSPS) is 15.4. The van der Waals surface area contributed by atoms with Crippen molar-refractivity contribution in [2.75, 3.05) is 20.3 Å². The third kappa shape index (κ3) is 4.96. The van der Waals surface area contributed by atoms with E-state index in [1.807, 2.05) is 24.3 Å². The summed E-state index contributed by atoms with van der Waals surface area (Å²) in [6.45, 7) is 1.59. The average molecular weight is 335 g/mol. The molecule has 1 saturated carbocycles. The third-order valence-electron chi connectivity index (χ3n) is 4.41. The van der Waals surface area contributed by atoms with Crippen LogP contribution in [0.5, 0.6) is 5.75 Å². The first-order chi connectivity index (χ1) is 11.6. The average Bonchev–Trinajstić information content (AvgIpc) is 2.53. The Bertz CT molecular complexity index is 568. The number of hydrogen-bond acceptors (Lipinski definition) is 4. The number of nitrogens with one attached hydrogen (secondary N) is 1. The molecule has 1 amide bonds. The van der Waals surface area contributed by atoms with Crippen molar-refractivity contribution in [3.8, 4) is 5.75 Å². The molecule has 6 heteroatoms. The molecule has 1 aromatic carbocycles. The van der Waals surface area contributed by atoms with Crippen LogP contribution in [0.3, 0.4) is 0 Å². The van der Waals surface area contributed by atoms with Crippen molar-refractivity contribution in [3.63, 3.8) is 0 Å². The molecule has 1 aliphatic rings. The molecule has 0 atom stereocenters. The lowest BCUT2D eigenvalue weighted by Crippen LogP contribution is -2.42. The zero-order chi connectivity index (χ0) is 17.4. The first kappa shape index (κ1) is 18.3. The standard InChI is InChI=1S/C18H25NO5/c1-23-9-4-10-24-15-6-2-5-14(11-15)13-19-16(20)12-18(17(21)22)7-3-8-18/h2,5-6,11H,3-4,7-10,12-13H2,1H3,(H,19,20)(H,21,22). The van der Waals surface area contributed by atoms with Crippen molar-refractivity contribution < 1.29 is 24.2 Å². The number of amides is 1. The van der Waals surface area contributed by atoms with Crippen LogP contribution >= 0.6 is 0 Å². The summed E-state index contributed by atoms with van der Waals surface area (Å²) in [5.41, 5.74) is 0.0710. The predicted octanol–water partition coefficient (Wildman–Crippen LogP) is 2.36. The lowest BCUT2D eigenvalue weighted by molar-refractivity contribution is -0.157. The molecule has 1 aromatic rings. The van der Waals surface area contributed by atoms with Gasteiger partial charge in [0.15, 0.2) is 0 Å². The van der Waals surface area contributed by atoms with Gasteiger partial charge < -0.3 is 19.9 Å². The minimum atomic E-state index is -0.865. The molecule has 1 fully saturated rings. The highest BCUT2D eigenvalue weighted by molar-refractivity contribution is 5.85. The van der Waals surface area contributed by atoms with Crippen molar-refractivity contribution >= 4 is 11.9 Å². The third-order valence-corrected chi connectivity index (χ3v) is 4.41. The summed E-state index contributed by atoms with van der Waals surface area (Å²) < 4.78 is 10.6. The zero-order valence-electron chi connectivity index (χ0n) is 14.0. The van der Waals surface area contributed by atoms with E-state index in [1.54, 1.807) is 7.11 Å². The monoisotopic (exact) mass is 335 g/mol. The molecule has 1 aliphatic carbocycles. The number of carbonyl (C=O) groups is 2. The van der Waals surface area contributed by atoms with E-state index < -0.39 is 11.4 Å². The fraction of sp³-hybridized carbons (Fsp3) is 0.556. The Morgan fingerprint density at radius 3 is 2.71 bits per heavy atom. The van der Waals surface area contributed by atoms with Crippen LogP contribution in [0.15, 0.2) is 24.3 Å². The maximum Gasteiger partial charge on any atom is 0.310 e. The summed E-state index contributed by atoms with van der Waals surface area (Å²) in [5, 5.41) is 12.1. The predicted molar refractivity (Wildman–Crippen MR) is 88.8 cm³/mol.